The maximum atomic E-state index is 13.0. The molecule has 5 rings (SSSR count). The van der Waals surface area contributed by atoms with E-state index in [1.54, 1.807) is 34.1 Å². The lowest BCUT2D eigenvalue weighted by molar-refractivity contribution is 0.0730. The van der Waals surface area contributed by atoms with Gasteiger partial charge in [-0.05, 0) is 24.3 Å². The summed E-state index contributed by atoms with van der Waals surface area (Å²) in [6, 6.07) is 13.0. The average molecular weight is 483 g/mol. The Hall–Kier alpha value is -3.28. The number of nitrogens with zero attached hydrogens (tertiary/aromatic N) is 6. The molecule has 0 spiro atoms. The second-order valence-corrected chi connectivity index (χ2v) is 10.1. The fourth-order valence-electron chi connectivity index (χ4n) is 4.12. The van der Waals surface area contributed by atoms with Crippen molar-refractivity contribution in [2.24, 2.45) is 0 Å². The predicted molar refractivity (Wildman–Crippen MR) is 125 cm³/mol. The molecule has 1 amide bonds. The first-order chi connectivity index (χ1) is 16.5. The van der Waals surface area contributed by atoms with Gasteiger partial charge in [0.05, 0.1) is 30.7 Å². The summed E-state index contributed by atoms with van der Waals surface area (Å²) in [4.78, 5) is 21.4. The Labute approximate surface area is 198 Å². The number of aromatic nitrogens is 3. The molecule has 2 fully saturated rings. The zero-order valence-electron chi connectivity index (χ0n) is 18.7. The Morgan fingerprint density at radius 2 is 1.62 bits per heavy atom. The van der Waals surface area contributed by atoms with E-state index in [9.17, 15) is 13.2 Å². The van der Waals surface area contributed by atoms with Gasteiger partial charge in [-0.3, -0.25) is 4.79 Å². The van der Waals surface area contributed by atoms with Crippen LogP contribution in [0.3, 0.4) is 0 Å². The number of morpholine rings is 1. The van der Waals surface area contributed by atoms with Gasteiger partial charge in [-0.2, -0.15) is 9.40 Å². The normalized spacial score (nSPS) is 17.6. The summed E-state index contributed by atoms with van der Waals surface area (Å²) < 4.78 is 33.9. The molecule has 3 aromatic rings. The molecular weight excluding hydrogens is 456 g/mol. The number of ether oxygens (including phenoxy) is 1. The first-order valence-corrected chi connectivity index (χ1v) is 12.6. The highest BCUT2D eigenvalue weighted by atomic mass is 32.2. The van der Waals surface area contributed by atoms with Crippen LogP contribution in [0.25, 0.3) is 5.69 Å². The van der Waals surface area contributed by atoms with Gasteiger partial charge in [0.2, 0.25) is 10.0 Å². The molecule has 4 heterocycles. The quantitative estimate of drug-likeness (QED) is 0.540. The maximum absolute atomic E-state index is 13.0. The molecule has 2 aliphatic rings. The number of amides is 1. The van der Waals surface area contributed by atoms with Crippen LogP contribution >= 0.6 is 0 Å². The first-order valence-electron chi connectivity index (χ1n) is 11.2. The van der Waals surface area contributed by atoms with E-state index < -0.39 is 10.0 Å². The van der Waals surface area contributed by atoms with Crippen molar-refractivity contribution in [3.8, 4) is 5.69 Å². The van der Waals surface area contributed by atoms with E-state index in [2.05, 4.69) is 15.0 Å². The minimum Gasteiger partial charge on any atom is -0.379 e. The third-order valence-corrected chi connectivity index (χ3v) is 7.95. The number of piperazine rings is 1. The highest BCUT2D eigenvalue weighted by molar-refractivity contribution is 7.89. The smallest absolute Gasteiger partial charge is 0.257 e. The van der Waals surface area contributed by atoms with Crippen LogP contribution < -0.4 is 4.90 Å². The molecule has 2 saturated heterocycles. The van der Waals surface area contributed by atoms with Crippen LogP contribution in [-0.4, -0.2) is 90.8 Å². The van der Waals surface area contributed by atoms with Crippen molar-refractivity contribution in [3.63, 3.8) is 0 Å². The van der Waals surface area contributed by atoms with Gasteiger partial charge in [0, 0.05) is 51.7 Å². The molecule has 0 bridgehead atoms. The van der Waals surface area contributed by atoms with Crippen molar-refractivity contribution in [2.45, 2.75) is 4.90 Å². The molecule has 0 radical (unpaired) electrons. The number of para-hydroxylation sites is 1. The van der Waals surface area contributed by atoms with Crippen LogP contribution in [0.4, 0.5) is 5.82 Å². The second kappa shape index (κ2) is 9.53. The topological polar surface area (TPSA) is 101 Å². The largest absolute Gasteiger partial charge is 0.379 e. The summed E-state index contributed by atoms with van der Waals surface area (Å²) in [5.74, 6) is 0.645. The number of rotatable bonds is 5. The number of hydrogen-bond acceptors (Lipinski definition) is 7. The molecule has 2 aliphatic heterocycles. The SMILES string of the molecule is O=C(c1cnn(-c2ccccc2)c1)N1CCN(c2ccc(S(=O)(=O)N3CCOCC3)cn2)CC1. The van der Waals surface area contributed by atoms with E-state index in [-0.39, 0.29) is 10.8 Å². The molecule has 1 aromatic carbocycles. The molecule has 0 N–H and O–H groups in total. The first kappa shape index (κ1) is 22.5. The Morgan fingerprint density at radius 1 is 0.882 bits per heavy atom. The van der Waals surface area contributed by atoms with E-state index in [4.69, 9.17) is 4.74 Å². The number of hydrogen-bond donors (Lipinski definition) is 0. The molecule has 0 atom stereocenters. The van der Waals surface area contributed by atoms with Crippen molar-refractivity contribution in [2.75, 3.05) is 57.4 Å². The summed E-state index contributed by atoms with van der Waals surface area (Å²) in [6.07, 6.45) is 4.76. The van der Waals surface area contributed by atoms with Crippen LogP contribution in [-0.2, 0) is 14.8 Å². The van der Waals surface area contributed by atoms with Crippen molar-refractivity contribution in [1.82, 2.24) is 24.0 Å². The summed E-state index contributed by atoms with van der Waals surface area (Å²) in [6.45, 7) is 3.83. The number of carbonyl (C=O) groups excluding carboxylic acids is 1. The fourth-order valence-corrected chi connectivity index (χ4v) is 5.48. The molecule has 10 nitrogen and oxygen atoms in total. The van der Waals surface area contributed by atoms with E-state index >= 15 is 0 Å². The van der Waals surface area contributed by atoms with Crippen LogP contribution in [0, 0.1) is 0 Å². The lowest BCUT2D eigenvalue weighted by Crippen LogP contribution is -2.49. The summed E-state index contributed by atoms with van der Waals surface area (Å²) >= 11 is 0. The summed E-state index contributed by atoms with van der Waals surface area (Å²) in [7, 11) is -3.57. The van der Waals surface area contributed by atoms with Crippen molar-refractivity contribution < 1.29 is 17.9 Å². The van der Waals surface area contributed by atoms with Crippen LogP contribution in [0.2, 0.25) is 0 Å². The molecule has 0 unspecified atom stereocenters. The zero-order chi connectivity index (χ0) is 23.5. The molecule has 0 saturated carbocycles. The molecule has 178 valence electrons. The van der Waals surface area contributed by atoms with Gasteiger partial charge in [0.15, 0.2) is 0 Å². The van der Waals surface area contributed by atoms with E-state index in [0.717, 1.165) is 5.69 Å². The van der Waals surface area contributed by atoms with Gasteiger partial charge in [-0.1, -0.05) is 18.2 Å². The van der Waals surface area contributed by atoms with E-state index in [1.807, 2.05) is 30.3 Å². The Morgan fingerprint density at radius 3 is 2.29 bits per heavy atom. The van der Waals surface area contributed by atoms with Crippen molar-refractivity contribution in [3.05, 3.63) is 66.6 Å². The minimum absolute atomic E-state index is 0.0539. The highest BCUT2D eigenvalue weighted by Crippen LogP contribution is 2.21. The molecule has 11 heteroatoms. The molecular formula is C23H26N6O4S. The second-order valence-electron chi connectivity index (χ2n) is 8.16. The average Bonchev–Trinajstić information content (AvgIpc) is 3.40. The van der Waals surface area contributed by atoms with Crippen LogP contribution in [0.5, 0.6) is 0 Å². The third kappa shape index (κ3) is 4.54. The lowest BCUT2D eigenvalue weighted by Gasteiger charge is -2.35. The standard InChI is InChI=1S/C23H26N6O4S/c30-23(19-16-25-29(18-19)20-4-2-1-3-5-20)27-10-8-26(9-11-27)22-7-6-21(17-24-22)34(31,32)28-12-14-33-15-13-28/h1-7,16-18H,8-15H2. The van der Waals surface area contributed by atoms with Gasteiger partial charge in [-0.15, -0.1) is 0 Å². The van der Waals surface area contributed by atoms with Gasteiger partial charge >= 0.3 is 0 Å². The molecule has 34 heavy (non-hydrogen) atoms. The number of benzene rings is 1. The highest BCUT2D eigenvalue weighted by Gasteiger charge is 2.28. The Kier molecular flexibility index (Phi) is 6.31. The number of sulfonamides is 1. The summed E-state index contributed by atoms with van der Waals surface area (Å²) in [5, 5.41) is 4.32. The number of anilines is 1. The molecule has 0 aliphatic carbocycles. The fraction of sp³-hybridized carbons (Fsp3) is 0.348. The molecule has 2 aromatic heterocycles. The van der Waals surface area contributed by atoms with Crippen LogP contribution in [0.1, 0.15) is 10.4 Å². The van der Waals surface area contributed by atoms with Crippen LogP contribution in [0.15, 0.2) is 66.0 Å². The van der Waals surface area contributed by atoms with Gasteiger partial charge in [0.25, 0.3) is 5.91 Å². The number of carbonyl (C=O) groups is 1. The minimum atomic E-state index is -3.57. The monoisotopic (exact) mass is 482 g/mol. The van der Waals surface area contributed by atoms with Crippen molar-refractivity contribution >= 4 is 21.7 Å². The zero-order valence-corrected chi connectivity index (χ0v) is 19.5. The maximum Gasteiger partial charge on any atom is 0.257 e. The lowest BCUT2D eigenvalue weighted by atomic mass is 10.2. The van der Waals surface area contributed by atoms with E-state index in [1.165, 1.54) is 10.5 Å². The summed E-state index contributed by atoms with van der Waals surface area (Å²) in [5.41, 5.74) is 1.45. The Bertz CT molecular complexity index is 1230. The van der Waals surface area contributed by atoms with Gasteiger partial charge in [0.1, 0.15) is 10.7 Å². The van der Waals surface area contributed by atoms with E-state index in [0.29, 0.717) is 63.9 Å². The van der Waals surface area contributed by atoms with Crippen molar-refractivity contribution in [1.29, 1.82) is 0 Å². The predicted octanol–water partition coefficient (Wildman–Crippen LogP) is 1.25. The Balaban J connectivity index is 1.20. The number of pyridine rings is 1. The van der Waals surface area contributed by atoms with Gasteiger partial charge < -0.3 is 14.5 Å². The van der Waals surface area contributed by atoms with Gasteiger partial charge in [-0.25, -0.2) is 18.1 Å². The third-order valence-electron chi connectivity index (χ3n) is 6.07.